The third-order valence-corrected chi connectivity index (χ3v) is 3.31. The number of fused-ring (bicyclic) bond motifs is 1. The number of amides is 1. The van der Waals surface area contributed by atoms with Gasteiger partial charge in [-0.25, -0.2) is 0 Å². The van der Waals surface area contributed by atoms with E-state index in [1.165, 1.54) is 0 Å². The number of piperidine rings is 1. The smallest absolute Gasteiger partial charge is 0.224 e. The molecule has 0 saturated carbocycles. The van der Waals surface area contributed by atoms with Gasteiger partial charge in [-0.2, -0.15) is 5.26 Å². The molecule has 2 aliphatic heterocycles. The van der Waals surface area contributed by atoms with Crippen molar-refractivity contribution in [3.63, 3.8) is 0 Å². The number of hydrogen-bond donors (Lipinski definition) is 2. The van der Waals surface area contributed by atoms with Crippen LogP contribution in [0.5, 0.6) is 0 Å². The standard InChI is InChI=1S/C10H16N4O/c11-4-7(12)6-14-3-1-2-8-9(14)5-13-10(8)15/h7-9H,1-3,5-6,12H2,(H,13,15). The van der Waals surface area contributed by atoms with Crippen LogP contribution in [0.25, 0.3) is 0 Å². The first-order chi connectivity index (χ1) is 7.22. The summed E-state index contributed by atoms with van der Waals surface area (Å²) in [6.45, 7) is 2.24. The number of likely N-dealkylation sites (tertiary alicyclic amines) is 1. The molecule has 0 bridgehead atoms. The van der Waals surface area contributed by atoms with E-state index in [1.54, 1.807) is 0 Å². The molecule has 0 aromatic carbocycles. The highest BCUT2D eigenvalue weighted by Crippen LogP contribution is 2.27. The Balaban J connectivity index is 2.01. The van der Waals surface area contributed by atoms with Crippen LogP contribution in [-0.2, 0) is 4.79 Å². The Morgan fingerprint density at radius 1 is 1.73 bits per heavy atom. The van der Waals surface area contributed by atoms with Gasteiger partial charge in [0.1, 0.15) is 6.04 Å². The maximum absolute atomic E-state index is 11.5. The highest BCUT2D eigenvalue weighted by atomic mass is 16.2. The van der Waals surface area contributed by atoms with Gasteiger partial charge in [-0.1, -0.05) is 0 Å². The zero-order valence-electron chi connectivity index (χ0n) is 8.65. The first kappa shape index (κ1) is 10.4. The fraction of sp³-hybridized carbons (Fsp3) is 0.800. The summed E-state index contributed by atoms with van der Waals surface area (Å²) in [5.74, 6) is 0.278. The molecule has 2 heterocycles. The number of nitrogens with zero attached hydrogens (tertiary/aromatic N) is 2. The summed E-state index contributed by atoms with van der Waals surface area (Å²) in [5, 5.41) is 11.6. The van der Waals surface area contributed by atoms with Crippen LogP contribution in [0.3, 0.4) is 0 Å². The summed E-state index contributed by atoms with van der Waals surface area (Å²) >= 11 is 0. The van der Waals surface area contributed by atoms with Crippen LogP contribution in [0.4, 0.5) is 0 Å². The second-order valence-electron chi connectivity index (χ2n) is 4.29. The maximum Gasteiger partial charge on any atom is 0.224 e. The van der Waals surface area contributed by atoms with E-state index in [0.717, 1.165) is 19.4 Å². The van der Waals surface area contributed by atoms with Gasteiger partial charge >= 0.3 is 0 Å². The van der Waals surface area contributed by atoms with Crippen LogP contribution in [0, 0.1) is 17.2 Å². The zero-order chi connectivity index (χ0) is 10.8. The monoisotopic (exact) mass is 208 g/mol. The van der Waals surface area contributed by atoms with E-state index in [2.05, 4.69) is 10.2 Å². The van der Waals surface area contributed by atoms with E-state index < -0.39 is 6.04 Å². The third-order valence-electron chi connectivity index (χ3n) is 3.31. The van der Waals surface area contributed by atoms with Crippen molar-refractivity contribution in [2.45, 2.75) is 24.9 Å². The van der Waals surface area contributed by atoms with Gasteiger partial charge in [-0.15, -0.1) is 0 Å². The summed E-state index contributed by atoms with van der Waals surface area (Å²) in [6, 6.07) is 1.84. The number of hydrogen-bond acceptors (Lipinski definition) is 4. The lowest BCUT2D eigenvalue weighted by atomic mass is 9.91. The molecular weight excluding hydrogens is 192 g/mol. The molecule has 3 atom stereocenters. The highest BCUT2D eigenvalue weighted by molar-refractivity contribution is 5.82. The molecule has 0 aromatic heterocycles. The van der Waals surface area contributed by atoms with E-state index in [-0.39, 0.29) is 17.9 Å². The first-order valence-corrected chi connectivity index (χ1v) is 5.39. The van der Waals surface area contributed by atoms with Gasteiger partial charge in [-0.05, 0) is 19.4 Å². The Bertz CT molecular complexity index is 298. The molecular formula is C10H16N4O. The summed E-state index contributed by atoms with van der Waals surface area (Å²) in [7, 11) is 0. The number of carbonyl (C=O) groups excluding carboxylic acids is 1. The van der Waals surface area contributed by atoms with Crippen LogP contribution in [0.15, 0.2) is 0 Å². The molecule has 0 radical (unpaired) electrons. The average Bonchev–Trinajstić information content (AvgIpc) is 2.62. The predicted octanol–water partition coefficient (Wildman–Crippen LogP) is -0.952. The zero-order valence-corrected chi connectivity index (χ0v) is 8.65. The number of carbonyl (C=O) groups is 1. The molecule has 5 heteroatoms. The molecule has 3 N–H and O–H groups in total. The van der Waals surface area contributed by atoms with Gasteiger partial charge < -0.3 is 11.1 Å². The quantitative estimate of drug-likeness (QED) is 0.613. The highest BCUT2D eigenvalue weighted by Gasteiger charge is 2.40. The second-order valence-corrected chi connectivity index (χ2v) is 4.29. The van der Waals surface area contributed by atoms with Gasteiger partial charge in [0.05, 0.1) is 12.0 Å². The van der Waals surface area contributed by atoms with Crippen LogP contribution in [-0.4, -0.2) is 42.5 Å². The van der Waals surface area contributed by atoms with Crippen molar-refractivity contribution >= 4 is 5.91 Å². The van der Waals surface area contributed by atoms with E-state index in [9.17, 15) is 4.79 Å². The Hall–Kier alpha value is -1.12. The Kier molecular flexibility index (Phi) is 2.89. The number of nitriles is 1. The molecule has 2 fully saturated rings. The van der Waals surface area contributed by atoms with Gasteiger partial charge in [0.15, 0.2) is 0 Å². The molecule has 15 heavy (non-hydrogen) atoms. The minimum absolute atomic E-state index is 0.115. The fourth-order valence-electron chi connectivity index (χ4n) is 2.56. The lowest BCUT2D eigenvalue weighted by molar-refractivity contribution is -0.124. The average molecular weight is 208 g/mol. The maximum atomic E-state index is 11.5. The first-order valence-electron chi connectivity index (χ1n) is 5.39. The molecule has 2 aliphatic rings. The van der Waals surface area contributed by atoms with Gasteiger partial charge in [-0.3, -0.25) is 9.69 Å². The van der Waals surface area contributed by atoms with E-state index in [1.807, 2.05) is 6.07 Å². The van der Waals surface area contributed by atoms with Gasteiger partial charge in [0.2, 0.25) is 5.91 Å². The van der Waals surface area contributed by atoms with Crippen LogP contribution in [0.1, 0.15) is 12.8 Å². The minimum Gasteiger partial charge on any atom is -0.354 e. The van der Waals surface area contributed by atoms with Crippen molar-refractivity contribution in [1.82, 2.24) is 10.2 Å². The Morgan fingerprint density at radius 2 is 2.53 bits per heavy atom. The van der Waals surface area contributed by atoms with E-state index in [0.29, 0.717) is 13.1 Å². The fourth-order valence-corrected chi connectivity index (χ4v) is 2.56. The molecule has 5 nitrogen and oxygen atoms in total. The SMILES string of the molecule is N#CC(N)CN1CCCC2C(=O)NCC21. The van der Waals surface area contributed by atoms with Gasteiger partial charge in [0.25, 0.3) is 0 Å². The van der Waals surface area contributed by atoms with E-state index >= 15 is 0 Å². The normalized spacial score (nSPS) is 32.9. The summed E-state index contributed by atoms with van der Waals surface area (Å²) < 4.78 is 0. The van der Waals surface area contributed by atoms with E-state index in [4.69, 9.17) is 11.0 Å². The topological polar surface area (TPSA) is 82.2 Å². The number of nitrogens with two attached hydrogens (primary N) is 1. The molecule has 0 spiro atoms. The Labute approximate surface area is 89.2 Å². The minimum atomic E-state index is -0.445. The molecule has 3 unspecified atom stereocenters. The van der Waals surface area contributed by atoms with Crippen LogP contribution < -0.4 is 11.1 Å². The second kappa shape index (κ2) is 4.17. The molecule has 2 saturated heterocycles. The molecule has 0 aromatic rings. The van der Waals surface area contributed by atoms with Crippen molar-refractivity contribution in [2.75, 3.05) is 19.6 Å². The molecule has 1 amide bonds. The Morgan fingerprint density at radius 3 is 3.27 bits per heavy atom. The molecule has 0 aliphatic carbocycles. The van der Waals surface area contributed by atoms with Crippen molar-refractivity contribution in [3.8, 4) is 6.07 Å². The molecule has 82 valence electrons. The number of nitrogens with one attached hydrogen (secondary N) is 1. The van der Waals surface area contributed by atoms with Crippen molar-refractivity contribution in [1.29, 1.82) is 5.26 Å². The summed E-state index contributed by atoms with van der Waals surface area (Å²) in [5.41, 5.74) is 5.61. The lowest BCUT2D eigenvalue weighted by Crippen LogP contribution is -2.49. The third kappa shape index (κ3) is 1.96. The largest absolute Gasteiger partial charge is 0.354 e. The van der Waals surface area contributed by atoms with Gasteiger partial charge in [0, 0.05) is 19.1 Å². The van der Waals surface area contributed by atoms with Crippen molar-refractivity contribution < 1.29 is 4.79 Å². The van der Waals surface area contributed by atoms with Crippen molar-refractivity contribution in [3.05, 3.63) is 0 Å². The van der Waals surface area contributed by atoms with Crippen LogP contribution >= 0.6 is 0 Å². The summed E-state index contributed by atoms with van der Waals surface area (Å²) in [4.78, 5) is 13.7. The number of rotatable bonds is 2. The predicted molar refractivity (Wildman–Crippen MR) is 54.7 cm³/mol. The van der Waals surface area contributed by atoms with Crippen molar-refractivity contribution in [2.24, 2.45) is 11.7 Å². The molecule has 2 rings (SSSR count). The lowest BCUT2D eigenvalue weighted by Gasteiger charge is -2.36. The summed E-state index contributed by atoms with van der Waals surface area (Å²) in [6.07, 6.45) is 1.99. The van der Waals surface area contributed by atoms with Crippen LogP contribution in [0.2, 0.25) is 0 Å².